The Bertz CT molecular complexity index is 590. The molecule has 1 aromatic rings. The summed E-state index contributed by atoms with van der Waals surface area (Å²) in [6.07, 6.45) is 0. The molecule has 1 heterocycles. The number of carbonyl (C=O) groups is 1. The number of rotatable bonds is 5. The van der Waals surface area contributed by atoms with Gasteiger partial charge in [-0.2, -0.15) is 0 Å². The predicted molar refractivity (Wildman–Crippen MR) is 94.8 cm³/mol. The van der Waals surface area contributed by atoms with E-state index in [4.69, 9.17) is 4.74 Å². The number of carbonyl (C=O) groups excluding carboxylic acids is 1. The number of thioether (sulfide) groups is 1. The van der Waals surface area contributed by atoms with Crippen LogP contribution < -0.4 is 0 Å². The van der Waals surface area contributed by atoms with Crippen LogP contribution in [0.2, 0.25) is 0 Å². The molecule has 0 amide bonds. The Kier molecular flexibility index (Phi) is 5.90. The zero-order valence-electron chi connectivity index (χ0n) is 14.4. The van der Waals surface area contributed by atoms with Crippen LogP contribution in [0.1, 0.15) is 40.2 Å². The average Bonchev–Trinajstić information content (AvgIpc) is 2.89. The van der Waals surface area contributed by atoms with Gasteiger partial charge >= 0.3 is 5.97 Å². The molecule has 0 bridgehead atoms. The summed E-state index contributed by atoms with van der Waals surface area (Å²) in [6, 6.07) is 6.44. The third-order valence-electron chi connectivity index (χ3n) is 4.01. The summed E-state index contributed by atoms with van der Waals surface area (Å²) in [5.41, 5.74) is 2.70. The monoisotopic (exact) mass is 336 g/mol. The van der Waals surface area contributed by atoms with Crippen LogP contribution >= 0.6 is 11.8 Å². The number of esters is 1. The van der Waals surface area contributed by atoms with Crippen LogP contribution in [0.25, 0.3) is 5.57 Å². The smallest absolute Gasteiger partial charge is 0.335 e. The van der Waals surface area contributed by atoms with E-state index in [2.05, 4.69) is 27.7 Å². The largest absolute Gasteiger partial charge is 0.463 e. The van der Waals surface area contributed by atoms with E-state index in [1.807, 2.05) is 18.7 Å². The normalized spacial score (nSPS) is 21.4. The Balaban J connectivity index is 2.60. The lowest BCUT2D eigenvalue weighted by atomic mass is 9.88. The first-order valence-electron chi connectivity index (χ1n) is 8.19. The molecule has 0 saturated heterocycles. The highest BCUT2D eigenvalue weighted by atomic mass is 32.2. The number of benzene rings is 1. The number of ether oxygens (including phenoxy) is 1. The molecule has 0 radical (unpaired) electrons. The fraction of sp³-hybridized carbons (Fsp3) is 0.526. The molecule has 0 aromatic heterocycles. The van der Waals surface area contributed by atoms with E-state index in [1.165, 1.54) is 12.1 Å². The maximum atomic E-state index is 13.3. The van der Waals surface area contributed by atoms with Crippen molar-refractivity contribution in [1.82, 2.24) is 0 Å². The molecular formula is C19H25FO2S. The van der Waals surface area contributed by atoms with Crippen molar-refractivity contribution in [3.63, 3.8) is 0 Å². The second-order valence-corrected chi connectivity index (χ2v) is 7.81. The zero-order chi connectivity index (χ0) is 17.1. The fourth-order valence-electron chi connectivity index (χ4n) is 2.97. The molecule has 2 rings (SSSR count). The van der Waals surface area contributed by atoms with Gasteiger partial charge in [0, 0.05) is 10.5 Å². The van der Waals surface area contributed by atoms with E-state index in [1.54, 1.807) is 12.1 Å². The van der Waals surface area contributed by atoms with Gasteiger partial charge in [-0.15, -0.1) is 11.8 Å². The highest BCUT2D eigenvalue weighted by molar-refractivity contribution is 8.01. The van der Waals surface area contributed by atoms with Crippen LogP contribution in [-0.4, -0.2) is 23.1 Å². The van der Waals surface area contributed by atoms with Crippen LogP contribution in [0.5, 0.6) is 0 Å². The van der Waals surface area contributed by atoms with Crippen LogP contribution in [0.15, 0.2) is 29.8 Å². The first kappa shape index (κ1) is 18.1. The van der Waals surface area contributed by atoms with Crippen molar-refractivity contribution >= 4 is 23.3 Å². The Labute approximate surface area is 142 Å². The van der Waals surface area contributed by atoms with Crippen molar-refractivity contribution in [3.8, 4) is 0 Å². The fourth-order valence-corrected chi connectivity index (χ4v) is 4.67. The Morgan fingerprint density at radius 1 is 1.13 bits per heavy atom. The molecule has 0 saturated carbocycles. The third-order valence-corrected chi connectivity index (χ3v) is 6.16. The minimum Gasteiger partial charge on any atom is -0.463 e. The molecule has 2 atom stereocenters. The standard InChI is InChI=1S/C19H25FO2S/c1-6-22-19(21)16-15(13-7-9-14(20)10-8-13)17(11(2)3)23-18(16)12(4)5/h7-12,17-18H,6H2,1-5H3. The highest BCUT2D eigenvalue weighted by Gasteiger charge is 2.41. The summed E-state index contributed by atoms with van der Waals surface area (Å²) in [7, 11) is 0. The summed E-state index contributed by atoms with van der Waals surface area (Å²) in [4.78, 5) is 12.6. The molecule has 2 unspecified atom stereocenters. The van der Waals surface area contributed by atoms with Crippen LogP contribution in [0.3, 0.4) is 0 Å². The van der Waals surface area contributed by atoms with Gasteiger partial charge in [-0.25, -0.2) is 9.18 Å². The Morgan fingerprint density at radius 2 is 1.70 bits per heavy atom. The number of hydrogen-bond donors (Lipinski definition) is 0. The molecule has 4 heteroatoms. The van der Waals surface area contributed by atoms with Crippen molar-refractivity contribution in [2.24, 2.45) is 11.8 Å². The third kappa shape index (κ3) is 3.79. The van der Waals surface area contributed by atoms with Gasteiger partial charge in [0.25, 0.3) is 0 Å². The maximum absolute atomic E-state index is 13.3. The van der Waals surface area contributed by atoms with Crippen LogP contribution in [0.4, 0.5) is 4.39 Å². The van der Waals surface area contributed by atoms with Crippen molar-refractivity contribution in [1.29, 1.82) is 0 Å². The van der Waals surface area contributed by atoms with Crippen molar-refractivity contribution in [2.75, 3.05) is 6.61 Å². The van der Waals surface area contributed by atoms with E-state index < -0.39 is 0 Å². The molecule has 1 aliphatic rings. The topological polar surface area (TPSA) is 26.3 Å². The maximum Gasteiger partial charge on any atom is 0.335 e. The van der Waals surface area contributed by atoms with Crippen LogP contribution in [-0.2, 0) is 9.53 Å². The minimum atomic E-state index is -0.265. The van der Waals surface area contributed by atoms with Gasteiger partial charge in [-0.05, 0) is 42.0 Å². The molecule has 0 spiro atoms. The average molecular weight is 336 g/mol. The molecule has 1 aliphatic heterocycles. The Morgan fingerprint density at radius 3 is 2.17 bits per heavy atom. The van der Waals surface area contributed by atoms with Gasteiger partial charge in [0.2, 0.25) is 0 Å². The number of halogens is 1. The van der Waals surface area contributed by atoms with E-state index in [0.29, 0.717) is 18.4 Å². The summed E-state index contributed by atoms with van der Waals surface area (Å²) in [6.45, 7) is 10.8. The zero-order valence-corrected chi connectivity index (χ0v) is 15.2. The number of hydrogen-bond acceptors (Lipinski definition) is 3. The summed E-state index contributed by atoms with van der Waals surface area (Å²) >= 11 is 1.83. The van der Waals surface area contributed by atoms with E-state index in [-0.39, 0.29) is 22.3 Å². The molecular weight excluding hydrogens is 311 g/mol. The lowest BCUT2D eigenvalue weighted by Gasteiger charge is -2.20. The first-order chi connectivity index (χ1) is 10.9. The van der Waals surface area contributed by atoms with Gasteiger partial charge in [-0.3, -0.25) is 0 Å². The van der Waals surface area contributed by atoms with Gasteiger partial charge in [0.15, 0.2) is 0 Å². The minimum absolute atomic E-state index is 0.113. The second-order valence-electron chi connectivity index (χ2n) is 6.52. The molecule has 2 nitrogen and oxygen atoms in total. The highest BCUT2D eigenvalue weighted by Crippen LogP contribution is 2.49. The molecule has 0 fully saturated rings. The van der Waals surface area contributed by atoms with Gasteiger partial charge in [0.05, 0.1) is 12.2 Å². The summed E-state index contributed by atoms with van der Waals surface area (Å²) in [5, 5.41) is 0.328. The van der Waals surface area contributed by atoms with E-state index >= 15 is 0 Å². The van der Waals surface area contributed by atoms with Crippen molar-refractivity contribution in [3.05, 3.63) is 41.2 Å². The van der Waals surface area contributed by atoms with Crippen molar-refractivity contribution < 1.29 is 13.9 Å². The van der Waals surface area contributed by atoms with Gasteiger partial charge in [-0.1, -0.05) is 39.8 Å². The van der Waals surface area contributed by atoms with E-state index in [9.17, 15) is 9.18 Å². The van der Waals surface area contributed by atoms with Gasteiger partial charge in [0.1, 0.15) is 5.82 Å². The van der Waals surface area contributed by atoms with E-state index in [0.717, 1.165) is 16.7 Å². The summed E-state index contributed by atoms with van der Waals surface area (Å²) in [5.74, 6) is 0.215. The molecule has 126 valence electrons. The molecule has 1 aromatic carbocycles. The lowest BCUT2D eigenvalue weighted by molar-refractivity contribution is -0.138. The van der Waals surface area contributed by atoms with Gasteiger partial charge < -0.3 is 4.74 Å². The second kappa shape index (κ2) is 7.52. The predicted octanol–water partition coefficient (Wildman–Crippen LogP) is 4.94. The molecule has 0 N–H and O–H groups in total. The molecule has 0 aliphatic carbocycles. The summed E-state index contributed by atoms with van der Waals surface area (Å²) < 4.78 is 18.6. The lowest BCUT2D eigenvalue weighted by Crippen LogP contribution is -2.20. The quantitative estimate of drug-likeness (QED) is 0.713. The Hall–Kier alpha value is -1.29. The molecule has 23 heavy (non-hydrogen) atoms. The SMILES string of the molecule is CCOC(=O)C1=C(c2ccc(F)cc2)C(C(C)C)SC1C(C)C. The van der Waals surface area contributed by atoms with Crippen LogP contribution in [0, 0.1) is 17.7 Å². The van der Waals surface area contributed by atoms with Crippen molar-refractivity contribution in [2.45, 2.75) is 45.1 Å². The first-order valence-corrected chi connectivity index (χ1v) is 9.13.